The molecule has 0 aliphatic heterocycles. The van der Waals surface area contributed by atoms with E-state index < -0.39 is 0 Å². The maximum absolute atomic E-state index is 12.8. The molecule has 0 unspecified atom stereocenters. The van der Waals surface area contributed by atoms with Gasteiger partial charge in [0.1, 0.15) is 0 Å². The average molecular weight is 365 g/mol. The van der Waals surface area contributed by atoms with Gasteiger partial charge in [-0.2, -0.15) is 5.10 Å². The predicted octanol–water partition coefficient (Wildman–Crippen LogP) is 3.75. The van der Waals surface area contributed by atoms with E-state index in [-0.39, 0.29) is 5.91 Å². The maximum Gasteiger partial charge on any atom is 0.259 e. The van der Waals surface area contributed by atoms with Crippen LogP contribution < -0.4 is 10.1 Å². The second kappa shape index (κ2) is 7.99. The molecule has 3 rings (SSSR count). The van der Waals surface area contributed by atoms with E-state index in [1.807, 2.05) is 38.1 Å². The van der Waals surface area contributed by atoms with Crippen molar-refractivity contribution in [2.75, 3.05) is 11.9 Å². The van der Waals surface area contributed by atoms with Gasteiger partial charge >= 0.3 is 0 Å². The zero-order chi connectivity index (χ0) is 19.4. The quantitative estimate of drug-likeness (QED) is 0.719. The van der Waals surface area contributed by atoms with Gasteiger partial charge in [-0.1, -0.05) is 32.0 Å². The lowest BCUT2D eigenvalue weighted by Gasteiger charge is -2.13. The van der Waals surface area contributed by atoms with Crippen LogP contribution in [0, 0.1) is 6.92 Å². The van der Waals surface area contributed by atoms with Gasteiger partial charge in [-0.3, -0.25) is 4.79 Å². The van der Waals surface area contributed by atoms with Crippen molar-refractivity contribution in [3.05, 3.63) is 59.4 Å². The van der Waals surface area contributed by atoms with E-state index in [9.17, 15) is 4.79 Å². The largest absolute Gasteiger partial charge is 0.477 e. The summed E-state index contributed by atoms with van der Waals surface area (Å²) >= 11 is 0. The Labute approximate surface area is 158 Å². The summed E-state index contributed by atoms with van der Waals surface area (Å²) in [6.07, 6.45) is 1.54. The Bertz CT molecular complexity index is 932. The van der Waals surface area contributed by atoms with Crippen molar-refractivity contribution in [3.63, 3.8) is 0 Å². The lowest BCUT2D eigenvalue weighted by atomic mass is 10.0. The molecule has 7 nitrogen and oxygen atoms in total. The summed E-state index contributed by atoms with van der Waals surface area (Å²) in [5.74, 6) is 1.09. The molecule has 0 saturated carbocycles. The molecule has 0 fully saturated rings. The number of amides is 1. The molecule has 2 heterocycles. The van der Waals surface area contributed by atoms with Gasteiger partial charge in [0.2, 0.25) is 5.88 Å². The summed E-state index contributed by atoms with van der Waals surface area (Å²) in [5.41, 5.74) is 3.08. The minimum absolute atomic E-state index is 0.203. The highest BCUT2D eigenvalue weighted by Gasteiger charge is 2.17. The molecule has 7 heteroatoms. The number of anilines is 1. The molecule has 1 N–H and O–H groups in total. The molecule has 0 atom stereocenters. The van der Waals surface area contributed by atoms with Gasteiger partial charge in [-0.25, -0.2) is 4.68 Å². The third-order valence-electron chi connectivity index (χ3n) is 4.22. The highest BCUT2D eigenvalue weighted by atomic mass is 16.5. The van der Waals surface area contributed by atoms with Crippen molar-refractivity contribution in [2.45, 2.75) is 33.6 Å². The van der Waals surface area contributed by atoms with Gasteiger partial charge in [-0.15, -0.1) is 10.2 Å². The Balaban J connectivity index is 1.84. The number of carbonyl (C=O) groups is 1. The number of hydrogen-bond acceptors (Lipinski definition) is 5. The van der Waals surface area contributed by atoms with Crippen LogP contribution in [-0.4, -0.2) is 32.5 Å². The molecule has 0 spiro atoms. The zero-order valence-corrected chi connectivity index (χ0v) is 15.9. The number of carbonyl (C=O) groups excluding carboxylic acids is 1. The minimum atomic E-state index is -0.203. The molecule has 27 heavy (non-hydrogen) atoms. The molecule has 0 aliphatic rings. The second-order valence-electron chi connectivity index (χ2n) is 6.41. The number of hydrogen-bond donors (Lipinski definition) is 1. The van der Waals surface area contributed by atoms with Crippen LogP contribution in [-0.2, 0) is 0 Å². The van der Waals surface area contributed by atoms with Crippen LogP contribution in [0.3, 0.4) is 0 Å². The van der Waals surface area contributed by atoms with Crippen LogP contribution in [0.25, 0.3) is 5.82 Å². The van der Waals surface area contributed by atoms with Crippen molar-refractivity contribution in [2.24, 2.45) is 0 Å². The minimum Gasteiger partial charge on any atom is -0.477 e. The lowest BCUT2D eigenvalue weighted by molar-refractivity contribution is 0.102. The van der Waals surface area contributed by atoms with Crippen LogP contribution in [0.4, 0.5) is 5.69 Å². The molecular weight excluding hydrogens is 342 g/mol. The molecule has 3 aromatic rings. The average Bonchev–Trinajstić information content (AvgIpc) is 3.04. The molecule has 140 valence electrons. The molecule has 1 amide bonds. The Hall–Kier alpha value is -3.22. The van der Waals surface area contributed by atoms with Gasteiger partial charge < -0.3 is 10.1 Å². The SMILES string of the molecule is CCOc1ccc(-n2ncc(C(=O)Nc3ccccc3C(C)C)c2C)nn1. The van der Waals surface area contributed by atoms with E-state index in [4.69, 9.17) is 4.74 Å². The van der Waals surface area contributed by atoms with Gasteiger partial charge in [0.25, 0.3) is 5.91 Å². The van der Waals surface area contributed by atoms with Crippen LogP contribution in [0.1, 0.15) is 48.3 Å². The zero-order valence-electron chi connectivity index (χ0n) is 15.9. The van der Waals surface area contributed by atoms with Gasteiger partial charge in [0, 0.05) is 11.8 Å². The number of para-hydroxylation sites is 1. The smallest absolute Gasteiger partial charge is 0.259 e. The number of benzene rings is 1. The van der Waals surface area contributed by atoms with Gasteiger partial charge in [0.15, 0.2) is 5.82 Å². The number of nitrogens with zero attached hydrogens (tertiary/aromatic N) is 4. The van der Waals surface area contributed by atoms with E-state index >= 15 is 0 Å². The highest BCUT2D eigenvalue weighted by molar-refractivity contribution is 6.05. The van der Waals surface area contributed by atoms with E-state index in [1.54, 1.807) is 23.0 Å². The summed E-state index contributed by atoms with van der Waals surface area (Å²) < 4.78 is 6.89. The number of nitrogens with one attached hydrogen (secondary N) is 1. The summed E-state index contributed by atoms with van der Waals surface area (Å²) in [6.45, 7) is 8.43. The molecule has 1 aromatic carbocycles. The fraction of sp³-hybridized carbons (Fsp3) is 0.300. The van der Waals surface area contributed by atoms with Crippen molar-refractivity contribution in [1.82, 2.24) is 20.0 Å². The van der Waals surface area contributed by atoms with Crippen LogP contribution >= 0.6 is 0 Å². The molecular formula is C20H23N5O2. The Morgan fingerprint density at radius 3 is 2.63 bits per heavy atom. The normalized spacial score (nSPS) is 10.9. The van der Waals surface area contributed by atoms with E-state index in [1.165, 1.54) is 0 Å². The second-order valence-corrected chi connectivity index (χ2v) is 6.41. The van der Waals surface area contributed by atoms with Crippen molar-refractivity contribution >= 4 is 11.6 Å². The summed E-state index contributed by atoms with van der Waals surface area (Å²) in [7, 11) is 0. The topological polar surface area (TPSA) is 81.9 Å². The van der Waals surface area contributed by atoms with Crippen molar-refractivity contribution in [3.8, 4) is 11.7 Å². The van der Waals surface area contributed by atoms with Crippen molar-refractivity contribution < 1.29 is 9.53 Å². The van der Waals surface area contributed by atoms with E-state index in [0.717, 1.165) is 11.3 Å². The summed E-state index contributed by atoms with van der Waals surface area (Å²) in [5, 5.41) is 15.4. The van der Waals surface area contributed by atoms with Crippen LogP contribution in [0.15, 0.2) is 42.6 Å². The fourth-order valence-corrected chi connectivity index (χ4v) is 2.82. The Morgan fingerprint density at radius 1 is 1.19 bits per heavy atom. The highest BCUT2D eigenvalue weighted by Crippen LogP contribution is 2.24. The monoisotopic (exact) mass is 365 g/mol. The number of ether oxygens (including phenoxy) is 1. The predicted molar refractivity (Wildman–Crippen MR) is 104 cm³/mol. The molecule has 0 radical (unpaired) electrons. The van der Waals surface area contributed by atoms with E-state index in [0.29, 0.717) is 35.5 Å². The first kappa shape index (κ1) is 18.6. The van der Waals surface area contributed by atoms with Gasteiger partial charge in [-0.05, 0) is 37.5 Å². The van der Waals surface area contributed by atoms with Crippen LogP contribution in [0.2, 0.25) is 0 Å². The third-order valence-corrected chi connectivity index (χ3v) is 4.22. The maximum atomic E-state index is 12.8. The number of rotatable bonds is 6. The molecule has 0 bridgehead atoms. The summed E-state index contributed by atoms with van der Waals surface area (Å²) in [6, 6.07) is 11.3. The number of aromatic nitrogens is 4. The first-order chi connectivity index (χ1) is 13.0. The standard InChI is InChI=1S/C20H23N5O2/c1-5-27-19-11-10-18(23-24-19)25-14(4)16(12-21-25)20(26)22-17-9-7-6-8-15(17)13(2)3/h6-13H,5H2,1-4H3,(H,22,26). The fourth-order valence-electron chi connectivity index (χ4n) is 2.82. The summed E-state index contributed by atoms with van der Waals surface area (Å²) in [4.78, 5) is 12.8. The van der Waals surface area contributed by atoms with E-state index in [2.05, 4.69) is 34.5 Å². The first-order valence-corrected chi connectivity index (χ1v) is 8.93. The first-order valence-electron chi connectivity index (χ1n) is 8.93. The lowest BCUT2D eigenvalue weighted by Crippen LogP contribution is -2.15. The molecule has 2 aromatic heterocycles. The Kier molecular flexibility index (Phi) is 5.49. The van der Waals surface area contributed by atoms with Crippen molar-refractivity contribution in [1.29, 1.82) is 0 Å². The van der Waals surface area contributed by atoms with Gasteiger partial charge in [0.05, 0.1) is 24.1 Å². The van der Waals surface area contributed by atoms with Crippen LogP contribution in [0.5, 0.6) is 5.88 Å². The molecule has 0 saturated heterocycles. The third kappa shape index (κ3) is 3.97. The Morgan fingerprint density at radius 2 is 1.96 bits per heavy atom. The molecule has 0 aliphatic carbocycles.